The number of nitrogens with zero attached hydrogens (tertiary/aromatic N) is 2. The maximum absolute atomic E-state index is 14.1. The van der Waals surface area contributed by atoms with E-state index in [1.54, 1.807) is 24.3 Å². The number of benzene rings is 2. The Kier molecular flexibility index (Phi) is 7.13. The van der Waals surface area contributed by atoms with Crippen molar-refractivity contribution >= 4 is 22.7 Å². The van der Waals surface area contributed by atoms with Crippen molar-refractivity contribution in [2.24, 2.45) is 0 Å². The van der Waals surface area contributed by atoms with Crippen LogP contribution in [0.4, 0.5) is 10.2 Å². The van der Waals surface area contributed by atoms with Crippen molar-refractivity contribution in [1.29, 1.82) is 0 Å². The summed E-state index contributed by atoms with van der Waals surface area (Å²) in [4.78, 5) is 33.5. The van der Waals surface area contributed by atoms with Crippen molar-refractivity contribution < 1.29 is 23.1 Å². The highest BCUT2D eigenvalue weighted by atomic mass is 19.1. The van der Waals surface area contributed by atoms with Gasteiger partial charge in [-0.25, -0.2) is 9.37 Å². The number of anilines is 1. The van der Waals surface area contributed by atoms with Crippen LogP contribution in [0.5, 0.6) is 11.5 Å². The number of hydrogen-bond acceptors (Lipinski definition) is 6. The van der Waals surface area contributed by atoms with Gasteiger partial charge in [-0.2, -0.15) is 0 Å². The first kappa shape index (κ1) is 25.4. The third-order valence-corrected chi connectivity index (χ3v) is 6.54. The standard InChI is InChI=1S/C30H29FN2O5/c1-4-6-7-15-37-23-13-11-19(16-24(23)36-5-2)27-26-28(34)21-17-20(31)12-14-22(21)38-29(26)30(35)33(27)25-10-8-9-18(3)32-25/h8-14,16-17,27H,4-7,15H2,1-3H3. The van der Waals surface area contributed by atoms with E-state index < -0.39 is 23.2 Å². The lowest BCUT2D eigenvalue weighted by atomic mass is 9.98. The van der Waals surface area contributed by atoms with E-state index >= 15 is 0 Å². The van der Waals surface area contributed by atoms with Crippen molar-refractivity contribution in [3.8, 4) is 11.5 Å². The van der Waals surface area contributed by atoms with Crippen LogP contribution in [-0.2, 0) is 0 Å². The van der Waals surface area contributed by atoms with Crippen molar-refractivity contribution in [3.05, 3.63) is 93.2 Å². The molecule has 8 heteroatoms. The van der Waals surface area contributed by atoms with Crippen molar-refractivity contribution in [2.75, 3.05) is 18.1 Å². The SMILES string of the molecule is CCCCCOc1ccc(C2c3c(oc4ccc(F)cc4c3=O)C(=O)N2c2cccc(C)n2)cc1OCC. The molecule has 1 atom stereocenters. The molecule has 0 aliphatic carbocycles. The lowest BCUT2D eigenvalue weighted by Gasteiger charge is -2.25. The van der Waals surface area contributed by atoms with Crippen molar-refractivity contribution in [1.82, 2.24) is 4.98 Å². The highest BCUT2D eigenvalue weighted by Gasteiger charge is 2.44. The number of unbranched alkanes of at least 4 members (excludes halogenated alkanes) is 2. The second-order valence-corrected chi connectivity index (χ2v) is 9.22. The van der Waals surface area contributed by atoms with Crippen LogP contribution in [0.25, 0.3) is 11.0 Å². The number of amides is 1. The highest BCUT2D eigenvalue weighted by molar-refractivity contribution is 6.10. The number of ether oxygens (including phenoxy) is 2. The van der Waals surface area contributed by atoms with E-state index in [2.05, 4.69) is 11.9 Å². The van der Waals surface area contributed by atoms with Gasteiger partial charge in [0.1, 0.15) is 17.2 Å². The van der Waals surface area contributed by atoms with Crippen LogP contribution in [0.15, 0.2) is 63.8 Å². The number of halogens is 1. The first-order valence-electron chi connectivity index (χ1n) is 12.9. The molecule has 1 aliphatic heterocycles. The smallest absolute Gasteiger partial charge is 0.296 e. The molecule has 4 aromatic rings. The Hall–Kier alpha value is -4.20. The van der Waals surface area contributed by atoms with Gasteiger partial charge in [0.25, 0.3) is 5.91 Å². The van der Waals surface area contributed by atoms with E-state index in [1.165, 1.54) is 17.0 Å². The Morgan fingerprint density at radius 1 is 1.00 bits per heavy atom. The fourth-order valence-electron chi connectivity index (χ4n) is 4.78. The van der Waals surface area contributed by atoms with Gasteiger partial charge >= 0.3 is 0 Å². The average Bonchev–Trinajstić information content (AvgIpc) is 3.20. The fraction of sp³-hybridized carbons (Fsp3) is 0.300. The number of rotatable bonds is 9. The molecule has 0 bridgehead atoms. The van der Waals surface area contributed by atoms with Gasteiger partial charge in [0.2, 0.25) is 5.76 Å². The topological polar surface area (TPSA) is 81.9 Å². The number of pyridine rings is 1. The predicted molar refractivity (Wildman–Crippen MR) is 143 cm³/mol. The molecule has 0 saturated heterocycles. The molecule has 0 saturated carbocycles. The summed E-state index contributed by atoms with van der Waals surface area (Å²) in [6.07, 6.45) is 3.07. The number of aromatic nitrogens is 1. The molecule has 1 aliphatic rings. The minimum Gasteiger partial charge on any atom is -0.490 e. The summed E-state index contributed by atoms with van der Waals surface area (Å²) in [5.74, 6) is 0.328. The largest absolute Gasteiger partial charge is 0.490 e. The van der Waals surface area contributed by atoms with Crippen LogP contribution in [0.2, 0.25) is 0 Å². The van der Waals surface area contributed by atoms with Gasteiger partial charge in [-0.15, -0.1) is 0 Å². The molecule has 2 aromatic heterocycles. The zero-order chi connectivity index (χ0) is 26.8. The van der Waals surface area contributed by atoms with Gasteiger partial charge in [-0.05, 0) is 68.3 Å². The molecule has 0 N–H and O–H groups in total. The average molecular weight is 517 g/mol. The first-order chi connectivity index (χ1) is 18.4. The minimum atomic E-state index is -0.857. The van der Waals surface area contributed by atoms with Crippen molar-refractivity contribution in [2.45, 2.75) is 46.1 Å². The summed E-state index contributed by atoms with van der Waals surface area (Å²) in [6, 6.07) is 13.5. The van der Waals surface area contributed by atoms with Gasteiger partial charge in [-0.3, -0.25) is 14.5 Å². The summed E-state index contributed by atoms with van der Waals surface area (Å²) in [7, 11) is 0. The molecule has 1 amide bonds. The molecule has 0 radical (unpaired) electrons. The highest BCUT2D eigenvalue weighted by Crippen LogP contribution is 2.43. The van der Waals surface area contributed by atoms with E-state index in [0.29, 0.717) is 41.8 Å². The Labute approximate surface area is 219 Å². The van der Waals surface area contributed by atoms with E-state index in [0.717, 1.165) is 25.3 Å². The third-order valence-electron chi connectivity index (χ3n) is 6.54. The molecule has 0 fully saturated rings. The predicted octanol–water partition coefficient (Wildman–Crippen LogP) is 6.35. The first-order valence-corrected chi connectivity index (χ1v) is 12.9. The maximum Gasteiger partial charge on any atom is 0.296 e. The normalized spacial score (nSPS) is 14.7. The molecule has 7 nitrogen and oxygen atoms in total. The van der Waals surface area contributed by atoms with Gasteiger partial charge in [0.15, 0.2) is 16.9 Å². The molecule has 38 heavy (non-hydrogen) atoms. The Morgan fingerprint density at radius 2 is 1.84 bits per heavy atom. The monoisotopic (exact) mass is 516 g/mol. The van der Waals surface area contributed by atoms with E-state index in [1.807, 2.05) is 26.0 Å². The van der Waals surface area contributed by atoms with Crippen molar-refractivity contribution in [3.63, 3.8) is 0 Å². The lowest BCUT2D eigenvalue weighted by Crippen LogP contribution is -2.30. The second-order valence-electron chi connectivity index (χ2n) is 9.22. The molecular weight excluding hydrogens is 487 g/mol. The Morgan fingerprint density at radius 3 is 2.61 bits per heavy atom. The quantitative estimate of drug-likeness (QED) is 0.241. The van der Waals surface area contributed by atoms with E-state index in [9.17, 15) is 14.0 Å². The Bertz CT molecular complexity index is 1560. The molecule has 3 heterocycles. The summed E-state index contributed by atoms with van der Waals surface area (Å²) in [5.41, 5.74) is 1.14. The zero-order valence-corrected chi connectivity index (χ0v) is 21.6. The van der Waals surface area contributed by atoms with Gasteiger partial charge in [-0.1, -0.05) is 31.9 Å². The second kappa shape index (κ2) is 10.7. The lowest BCUT2D eigenvalue weighted by molar-refractivity contribution is 0.0970. The summed E-state index contributed by atoms with van der Waals surface area (Å²) in [5, 5.41) is 0.0708. The van der Waals surface area contributed by atoms with Crippen LogP contribution in [0.3, 0.4) is 0 Å². The van der Waals surface area contributed by atoms with Gasteiger partial charge < -0.3 is 13.9 Å². The van der Waals surface area contributed by atoms with Crippen LogP contribution in [0, 0.1) is 12.7 Å². The molecular formula is C30H29FN2O5. The number of carbonyl (C=O) groups excluding carboxylic acids is 1. The molecule has 196 valence electrons. The van der Waals surface area contributed by atoms with E-state index in [-0.39, 0.29) is 22.3 Å². The molecule has 0 spiro atoms. The molecule has 5 rings (SSSR count). The number of hydrogen-bond donors (Lipinski definition) is 0. The van der Waals surface area contributed by atoms with Gasteiger partial charge in [0, 0.05) is 5.69 Å². The summed E-state index contributed by atoms with van der Waals surface area (Å²) >= 11 is 0. The summed E-state index contributed by atoms with van der Waals surface area (Å²) < 4.78 is 31.9. The Balaban J connectivity index is 1.68. The zero-order valence-electron chi connectivity index (χ0n) is 21.6. The summed E-state index contributed by atoms with van der Waals surface area (Å²) in [6.45, 7) is 6.79. The molecule has 2 aromatic carbocycles. The maximum atomic E-state index is 14.1. The van der Waals surface area contributed by atoms with Crippen LogP contribution < -0.4 is 19.8 Å². The van der Waals surface area contributed by atoms with E-state index in [4.69, 9.17) is 13.9 Å². The van der Waals surface area contributed by atoms with Crippen LogP contribution in [0.1, 0.15) is 66.5 Å². The number of fused-ring (bicyclic) bond motifs is 2. The third kappa shape index (κ3) is 4.62. The van der Waals surface area contributed by atoms with Crippen LogP contribution >= 0.6 is 0 Å². The van der Waals surface area contributed by atoms with Gasteiger partial charge in [0.05, 0.1) is 30.2 Å². The fourth-order valence-corrected chi connectivity index (χ4v) is 4.78. The number of aryl methyl sites for hydroxylation is 1. The minimum absolute atomic E-state index is 0.0708. The number of carbonyl (C=O) groups is 1. The molecule has 1 unspecified atom stereocenters. The van der Waals surface area contributed by atoms with Crippen LogP contribution in [-0.4, -0.2) is 24.1 Å².